The maximum atomic E-state index is 13.0. The van der Waals surface area contributed by atoms with E-state index in [9.17, 15) is 13.6 Å². The van der Waals surface area contributed by atoms with Crippen molar-refractivity contribution in [2.45, 2.75) is 19.5 Å². The van der Waals surface area contributed by atoms with Gasteiger partial charge in [-0.25, -0.2) is 13.5 Å². The molecule has 0 aliphatic carbocycles. The lowest BCUT2D eigenvalue weighted by Crippen LogP contribution is -2.27. The van der Waals surface area contributed by atoms with E-state index in [4.69, 9.17) is 0 Å². The highest BCUT2D eigenvalue weighted by Gasteiger charge is 2.15. The molecule has 1 N–H and O–H groups in total. The molecule has 0 aliphatic rings. The number of carbonyl (C=O) groups is 1. The lowest BCUT2D eigenvalue weighted by Gasteiger charge is -2.13. The molecule has 0 aliphatic heterocycles. The van der Waals surface area contributed by atoms with Crippen LogP contribution in [0.25, 0.3) is 0 Å². The van der Waals surface area contributed by atoms with Crippen LogP contribution in [-0.4, -0.2) is 20.9 Å². The number of halogens is 2. The predicted octanol–water partition coefficient (Wildman–Crippen LogP) is 3.10. The van der Waals surface area contributed by atoms with E-state index in [2.05, 4.69) is 15.6 Å². The molecule has 7 heteroatoms. The smallest absolute Gasteiger partial charge is 0.273 e. The van der Waals surface area contributed by atoms with Gasteiger partial charge in [-0.1, -0.05) is 29.5 Å². The largest absolute Gasteiger partial charge is 0.344 e. The summed E-state index contributed by atoms with van der Waals surface area (Å²) in [4.78, 5) is 12.3. The molecule has 0 radical (unpaired) electrons. The summed E-state index contributed by atoms with van der Waals surface area (Å²) >= 11 is 0. The Kier molecular flexibility index (Phi) is 4.83. The minimum atomic E-state index is -0.373. The topological polar surface area (TPSA) is 59.8 Å². The molecule has 128 valence electrons. The van der Waals surface area contributed by atoms with Crippen LogP contribution < -0.4 is 5.32 Å². The SMILES string of the molecule is C[C@H](NC(=O)c1cn(Cc2ccc(F)cc2)nn1)c1ccc(F)cc1. The lowest BCUT2D eigenvalue weighted by atomic mass is 10.1. The Morgan fingerprint density at radius 3 is 2.32 bits per heavy atom. The molecule has 0 bridgehead atoms. The number of amides is 1. The van der Waals surface area contributed by atoms with Crippen molar-refractivity contribution in [3.8, 4) is 0 Å². The third-order valence-electron chi connectivity index (χ3n) is 3.75. The average Bonchev–Trinajstić information content (AvgIpc) is 3.06. The Bertz CT molecular complexity index is 860. The Balaban J connectivity index is 1.63. The van der Waals surface area contributed by atoms with E-state index in [1.807, 2.05) is 0 Å². The molecule has 1 amide bonds. The highest BCUT2D eigenvalue weighted by molar-refractivity contribution is 5.92. The van der Waals surface area contributed by atoms with Gasteiger partial charge in [-0.2, -0.15) is 0 Å². The van der Waals surface area contributed by atoms with E-state index < -0.39 is 0 Å². The highest BCUT2D eigenvalue weighted by atomic mass is 19.1. The van der Waals surface area contributed by atoms with E-state index in [-0.39, 0.29) is 29.3 Å². The van der Waals surface area contributed by atoms with Gasteiger partial charge < -0.3 is 5.32 Å². The summed E-state index contributed by atoms with van der Waals surface area (Å²) in [5.74, 6) is -1.01. The van der Waals surface area contributed by atoms with Crippen molar-refractivity contribution in [1.82, 2.24) is 20.3 Å². The average molecular weight is 342 g/mol. The van der Waals surface area contributed by atoms with Gasteiger partial charge in [0.25, 0.3) is 5.91 Å². The molecule has 1 aromatic heterocycles. The number of carbonyl (C=O) groups excluding carboxylic acids is 1. The minimum Gasteiger partial charge on any atom is -0.344 e. The number of hydrogen-bond acceptors (Lipinski definition) is 3. The zero-order valence-corrected chi connectivity index (χ0v) is 13.5. The number of rotatable bonds is 5. The van der Waals surface area contributed by atoms with Gasteiger partial charge >= 0.3 is 0 Å². The summed E-state index contributed by atoms with van der Waals surface area (Å²) < 4.78 is 27.4. The molecular weight excluding hydrogens is 326 g/mol. The van der Waals surface area contributed by atoms with Crippen molar-refractivity contribution in [2.75, 3.05) is 0 Å². The lowest BCUT2D eigenvalue weighted by molar-refractivity contribution is 0.0934. The summed E-state index contributed by atoms with van der Waals surface area (Å²) in [6.07, 6.45) is 1.52. The zero-order chi connectivity index (χ0) is 17.8. The first-order valence-electron chi connectivity index (χ1n) is 7.72. The molecule has 3 rings (SSSR count). The third kappa shape index (κ3) is 4.26. The molecule has 1 atom stereocenters. The van der Waals surface area contributed by atoms with Gasteiger partial charge in [-0.3, -0.25) is 4.79 Å². The molecular formula is C18H16F2N4O. The number of aromatic nitrogens is 3. The second kappa shape index (κ2) is 7.21. The second-order valence-electron chi connectivity index (χ2n) is 5.67. The number of nitrogens with zero attached hydrogens (tertiary/aromatic N) is 3. The van der Waals surface area contributed by atoms with Crippen molar-refractivity contribution in [2.24, 2.45) is 0 Å². The standard InChI is InChI=1S/C18H16F2N4O/c1-12(14-4-8-16(20)9-5-14)21-18(25)17-11-24(23-22-17)10-13-2-6-15(19)7-3-13/h2-9,11-12H,10H2,1H3,(H,21,25)/t12-/m0/s1. The van der Waals surface area contributed by atoms with E-state index in [0.29, 0.717) is 6.54 Å². The van der Waals surface area contributed by atoms with Crippen molar-refractivity contribution >= 4 is 5.91 Å². The molecule has 1 heterocycles. The van der Waals surface area contributed by atoms with Gasteiger partial charge in [-0.15, -0.1) is 5.10 Å². The van der Waals surface area contributed by atoms with Crippen LogP contribution in [0.4, 0.5) is 8.78 Å². The Morgan fingerprint density at radius 1 is 1.08 bits per heavy atom. The molecule has 25 heavy (non-hydrogen) atoms. The van der Waals surface area contributed by atoms with Gasteiger partial charge in [0.2, 0.25) is 0 Å². The first-order valence-corrected chi connectivity index (χ1v) is 7.72. The van der Waals surface area contributed by atoms with Gasteiger partial charge in [-0.05, 0) is 42.3 Å². The van der Waals surface area contributed by atoms with Gasteiger partial charge in [0.1, 0.15) is 11.6 Å². The van der Waals surface area contributed by atoms with Crippen molar-refractivity contribution < 1.29 is 13.6 Å². The molecule has 0 unspecified atom stereocenters. The summed E-state index contributed by atoms with van der Waals surface area (Å²) in [6, 6.07) is 11.6. The van der Waals surface area contributed by atoms with Crippen LogP contribution in [0.15, 0.2) is 54.7 Å². The maximum absolute atomic E-state index is 13.0. The Labute approximate surface area is 143 Å². The summed E-state index contributed by atoms with van der Waals surface area (Å²) in [6.45, 7) is 2.18. The zero-order valence-electron chi connectivity index (χ0n) is 13.5. The van der Waals surface area contributed by atoms with Crippen LogP contribution in [0.3, 0.4) is 0 Å². The van der Waals surface area contributed by atoms with Crippen molar-refractivity contribution in [1.29, 1.82) is 0 Å². The molecule has 0 fully saturated rings. The molecule has 2 aromatic carbocycles. The molecule has 3 aromatic rings. The van der Waals surface area contributed by atoms with Gasteiger partial charge in [0, 0.05) is 0 Å². The van der Waals surface area contributed by atoms with Crippen LogP contribution >= 0.6 is 0 Å². The van der Waals surface area contributed by atoms with Crippen LogP contribution in [0, 0.1) is 11.6 Å². The van der Waals surface area contributed by atoms with E-state index in [1.54, 1.807) is 31.2 Å². The summed E-state index contributed by atoms with van der Waals surface area (Å²) in [5, 5.41) is 10.6. The second-order valence-corrected chi connectivity index (χ2v) is 5.67. The molecule has 5 nitrogen and oxygen atoms in total. The third-order valence-corrected chi connectivity index (χ3v) is 3.75. The highest BCUT2D eigenvalue weighted by Crippen LogP contribution is 2.13. The fourth-order valence-corrected chi connectivity index (χ4v) is 2.36. The monoisotopic (exact) mass is 342 g/mol. The minimum absolute atomic E-state index is 0.177. The fourth-order valence-electron chi connectivity index (χ4n) is 2.36. The number of nitrogens with one attached hydrogen (secondary N) is 1. The Hall–Kier alpha value is -3.09. The van der Waals surface area contributed by atoms with Crippen molar-refractivity contribution in [3.63, 3.8) is 0 Å². The first-order chi connectivity index (χ1) is 12.0. The number of hydrogen-bond donors (Lipinski definition) is 1. The fraction of sp³-hybridized carbons (Fsp3) is 0.167. The van der Waals surface area contributed by atoms with E-state index >= 15 is 0 Å². The summed E-state index contributed by atoms with van der Waals surface area (Å²) in [7, 11) is 0. The van der Waals surface area contributed by atoms with Crippen molar-refractivity contribution in [3.05, 3.63) is 83.2 Å². The Morgan fingerprint density at radius 2 is 1.68 bits per heavy atom. The molecule has 0 saturated heterocycles. The van der Waals surface area contributed by atoms with Crippen LogP contribution in [0.1, 0.15) is 34.6 Å². The number of benzene rings is 2. The molecule has 0 spiro atoms. The normalized spacial score (nSPS) is 12.0. The molecule has 0 saturated carbocycles. The maximum Gasteiger partial charge on any atom is 0.273 e. The van der Waals surface area contributed by atoms with Crippen LogP contribution in [-0.2, 0) is 6.54 Å². The van der Waals surface area contributed by atoms with E-state index in [0.717, 1.165) is 11.1 Å². The predicted molar refractivity (Wildman–Crippen MR) is 87.8 cm³/mol. The van der Waals surface area contributed by atoms with Crippen LogP contribution in [0.2, 0.25) is 0 Å². The van der Waals surface area contributed by atoms with Gasteiger partial charge in [0.15, 0.2) is 5.69 Å². The summed E-state index contributed by atoms with van der Waals surface area (Å²) in [5.41, 5.74) is 1.81. The quantitative estimate of drug-likeness (QED) is 0.775. The van der Waals surface area contributed by atoms with Gasteiger partial charge in [0.05, 0.1) is 18.8 Å². The van der Waals surface area contributed by atoms with Crippen LogP contribution in [0.5, 0.6) is 0 Å². The van der Waals surface area contributed by atoms with E-state index in [1.165, 1.54) is 35.1 Å². The first kappa shape index (κ1) is 16.8.